The quantitative estimate of drug-likeness (QED) is 0.185. The summed E-state index contributed by atoms with van der Waals surface area (Å²) in [7, 11) is 3.21. The van der Waals surface area contributed by atoms with Crippen molar-refractivity contribution in [2.45, 2.75) is 37.8 Å². The number of nitrogens with one attached hydrogen (secondary N) is 2. The molecule has 8 nitrogen and oxygen atoms in total. The number of hydrogen-bond donors (Lipinski definition) is 3. The molecule has 0 radical (unpaired) electrons. The molecule has 1 saturated heterocycles. The first-order valence-corrected chi connectivity index (χ1v) is 15.4. The molecule has 2 heterocycles. The third-order valence-electron chi connectivity index (χ3n) is 8.51. The van der Waals surface area contributed by atoms with Gasteiger partial charge in [0.05, 0.1) is 18.2 Å². The van der Waals surface area contributed by atoms with Crippen LogP contribution in [0, 0.1) is 5.92 Å². The molecule has 3 aromatic carbocycles. The summed E-state index contributed by atoms with van der Waals surface area (Å²) in [5, 5.41) is 20.1. The van der Waals surface area contributed by atoms with Gasteiger partial charge in [0.15, 0.2) is 0 Å². The summed E-state index contributed by atoms with van der Waals surface area (Å²) in [6, 6.07) is 23.2. The molecule has 0 saturated carbocycles. The molecular formula is C35H39ClN4O4. The highest BCUT2D eigenvalue weighted by Crippen LogP contribution is 2.46. The maximum atomic E-state index is 13.7. The van der Waals surface area contributed by atoms with Crippen LogP contribution in [0.3, 0.4) is 0 Å². The van der Waals surface area contributed by atoms with Crippen LogP contribution in [0.1, 0.15) is 47.2 Å². The average molecular weight is 615 g/mol. The molecule has 1 fully saturated rings. The topological polar surface area (TPSA) is 104 Å². The lowest BCUT2D eigenvalue weighted by Gasteiger charge is -2.44. The Morgan fingerprint density at radius 3 is 2.68 bits per heavy atom. The van der Waals surface area contributed by atoms with E-state index >= 15 is 0 Å². The van der Waals surface area contributed by atoms with Crippen molar-refractivity contribution in [1.29, 1.82) is 0 Å². The Labute approximate surface area is 263 Å². The fourth-order valence-corrected chi connectivity index (χ4v) is 6.55. The smallest absolute Gasteiger partial charge is 0.406 e. The molecule has 2 atom stereocenters. The summed E-state index contributed by atoms with van der Waals surface area (Å²) in [4.78, 5) is 31.9. The normalized spacial score (nSPS) is 16.4. The van der Waals surface area contributed by atoms with Crippen molar-refractivity contribution >= 4 is 34.5 Å². The van der Waals surface area contributed by atoms with Gasteiger partial charge in [-0.25, -0.2) is 4.79 Å². The molecule has 0 aliphatic carbocycles. The molecule has 1 aromatic heterocycles. The molecule has 9 heteroatoms. The molecule has 1 aliphatic heterocycles. The number of alkyl carbamates (subject to hydrolysis) is 1. The number of aromatic nitrogens is 1. The van der Waals surface area contributed by atoms with E-state index in [-0.39, 0.29) is 11.8 Å². The SMILES string of the molecule is CNCc1ccc(C(=O)N2CCC[C@@H]([C@@](O)(CCCNC(=O)OC)c3cccc(Cl)c3-c3cnc4ccccc4c3)C2)cc1. The molecule has 4 aromatic rings. The van der Waals surface area contributed by atoms with E-state index in [4.69, 9.17) is 16.3 Å². The summed E-state index contributed by atoms with van der Waals surface area (Å²) < 4.78 is 4.73. The van der Waals surface area contributed by atoms with Crippen molar-refractivity contribution in [3.05, 3.63) is 101 Å². The maximum Gasteiger partial charge on any atom is 0.406 e. The second-order valence-electron chi connectivity index (χ2n) is 11.3. The number of carbonyl (C=O) groups excluding carboxylic acids is 2. The predicted octanol–water partition coefficient (Wildman–Crippen LogP) is 6.15. The van der Waals surface area contributed by atoms with Gasteiger partial charge in [-0.05, 0) is 74.2 Å². The number of likely N-dealkylation sites (tertiary alicyclic amines) is 1. The number of aliphatic hydroxyl groups is 1. The molecule has 3 N–H and O–H groups in total. The monoisotopic (exact) mass is 614 g/mol. The zero-order valence-corrected chi connectivity index (χ0v) is 25.9. The number of ether oxygens (including phenoxy) is 1. The third kappa shape index (κ3) is 6.88. The van der Waals surface area contributed by atoms with E-state index in [1.165, 1.54) is 7.11 Å². The van der Waals surface area contributed by atoms with Gasteiger partial charge in [-0.1, -0.05) is 54.1 Å². The first-order valence-electron chi connectivity index (χ1n) is 15.0. The third-order valence-corrected chi connectivity index (χ3v) is 8.83. The van der Waals surface area contributed by atoms with Gasteiger partial charge in [-0.2, -0.15) is 0 Å². The first kappa shape index (κ1) is 31.4. The number of nitrogens with zero attached hydrogens (tertiary/aromatic N) is 2. The number of halogens is 1. The van der Waals surface area contributed by atoms with E-state index in [0.717, 1.165) is 47.0 Å². The van der Waals surface area contributed by atoms with Crippen molar-refractivity contribution < 1.29 is 19.4 Å². The van der Waals surface area contributed by atoms with Crippen LogP contribution in [0.5, 0.6) is 0 Å². The Hall–Kier alpha value is -3.98. The van der Waals surface area contributed by atoms with Crippen LogP contribution in [0.15, 0.2) is 79.0 Å². The van der Waals surface area contributed by atoms with E-state index < -0.39 is 11.7 Å². The van der Waals surface area contributed by atoms with Gasteiger partial charge in [0.2, 0.25) is 0 Å². The number of pyridine rings is 1. The molecular weight excluding hydrogens is 576 g/mol. The zero-order valence-electron chi connectivity index (χ0n) is 25.2. The minimum absolute atomic E-state index is 0.0505. The van der Waals surface area contributed by atoms with Crippen molar-refractivity contribution in [3.63, 3.8) is 0 Å². The average Bonchev–Trinajstić information content (AvgIpc) is 3.06. The molecule has 230 valence electrons. The molecule has 1 aliphatic rings. The molecule has 44 heavy (non-hydrogen) atoms. The van der Waals surface area contributed by atoms with Crippen LogP contribution < -0.4 is 10.6 Å². The highest BCUT2D eigenvalue weighted by atomic mass is 35.5. The maximum absolute atomic E-state index is 13.7. The minimum Gasteiger partial charge on any atom is -0.453 e. The van der Waals surface area contributed by atoms with Gasteiger partial charge in [-0.15, -0.1) is 0 Å². The van der Waals surface area contributed by atoms with Crippen LogP contribution in [-0.4, -0.2) is 60.8 Å². The molecule has 0 spiro atoms. The van der Waals surface area contributed by atoms with E-state index in [9.17, 15) is 14.7 Å². The van der Waals surface area contributed by atoms with Crippen LogP contribution in [-0.2, 0) is 16.9 Å². The Morgan fingerprint density at radius 2 is 1.91 bits per heavy atom. The highest BCUT2D eigenvalue weighted by Gasteiger charge is 2.43. The van der Waals surface area contributed by atoms with Crippen LogP contribution >= 0.6 is 11.6 Å². The summed E-state index contributed by atoms with van der Waals surface area (Å²) in [5.74, 6) is -0.321. The number of amides is 2. The lowest BCUT2D eigenvalue weighted by molar-refractivity contribution is -0.0563. The number of methoxy groups -OCH3 is 1. The lowest BCUT2D eigenvalue weighted by Crippen LogP contribution is -2.48. The summed E-state index contributed by atoms with van der Waals surface area (Å²) >= 11 is 6.89. The number of hydrogen-bond acceptors (Lipinski definition) is 6. The second kappa shape index (κ2) is 14.2. The van der Waals surface area contributed by atoms with Gasteiger partial charge in [0, 0.05) is 65.4 Å². The van der Waals surface area contributed by atoms with E-state index in [0.29, 0.717) is 48.6 Å². The number of fused-ring (bicyclic) bond motifs is 1. The fraction of sp³-hybridized carbons (Fsp3) is 0.343. The Morgan fingerprint density at radius 1 is 1.11 bits per heavy atom. The Balaban J connectivity index is 1.50. The zero-order chi connectivity index (χ0) is 31.1. The minimum atomic E-state index is -1.35. The largest absolute Gasteiger partial charge is 0.453 e. The van der Waals surface area contributed by atoms with Crippen molar-refractivity contribution in [2.24, 2.45) is 5.92 Å². The van der Waals surface area contributed by atoms with Gasteiger partial charge in [0.1, 0.15) is 0 Å². The highest BCUT2D eigenvalue weighted by molar-refractivity contribution is 6.33. The van der Waals surface area contributed by atoms with E-state index in [1.807, 2.05) is 84.7 Å². The fourth-order valence-electron chi connectivity index (χ4n) is 6.27. The van der Waals surface area contributed by atoms with Gasteiger partial charge in [-0.3, -0.25) is 9.78 Å². The van der Waals surface area contributed by atoms with Gasteiger partial charge < -0.3 is 25.4 Å². The summed E-state index contributed by atoms with van der Waals surface area (Å²) in [6.45, 7) is 2.06. The van der Waals surface area contributed by atoms with Gasteiger partial charge in [0.25, 0.3) is 5.91 Å². The Kier molecular flexibility index (Phi) is 10.1. The first-order chi connectivity index (χ1) is 21.3. The van der Waals surface area contributed by atoms with Crippen LogP contribution in [0.25, 0.3) is 22.0 Å². The molecule has 0 bridgehead atoms. The van der Waals surface area contributed by atoms with Crippen LogP contribution in [0.2, 0.25) is 5.02 Å². The van der Waals surface area contributed by atoms with Crippen molar-refractivity contribution in [3.8, 4) is 11.1 Å². The van der Waals surface area contributed by atoms with Crippen molar-refractivity contribution in [2.75, 3.05) is 33.8 Å². The second-order valence-corrected chi connectivity index (χ2v) is 11.8. The number of benzene rings is 3. The number of rotatable bonds is 10. The lowest BCUT2D eigenvalue weighted by atomic mass is 9.72. The molecule has 5 rings (SSSR count). The van der Waals surface area contributed by atoms with Crippen molar-refractivity contribution in [1.82, 2.24) is 20.5 Å². The van der Waals surface area contributed by atoms with Crippen LogP contribution in [0.4, 0.5) is 4.79 Å². The van der Waals surface area contributed by atoms with E-state index in [2.05, 4.69) is 15.6 Å². The predicted molar refractivity (Wildman–Crippen MR) is 174 cm³/mol. The molecule has 0 unspecified atom stereocenters. The number of para-hydroxylation sites is 1. The Bertz CT molecular complexity index is 1610. The van der Waals surface area contributed by atoms with E-state index in [1.54, 1.807) is 6.20 Å². The van der Waals surface area contributed by atoms with Gasteiger partial charge >= 0.3 is 6.09 Å². The summed E-state index contributed by atoms with van der Waals surface area (Å²) in [6.07, 6.45) is 3.59. The summed E-state index contributed by atoms with van der Waals surface area (Å²) in [5.41, 5.74) is 3.47. The standard InChI is InChI=1S/C35H39ClN4O4/c1-37-21-24-13-15-25(16-14-24)33(41)40-19-6-9-28(23-40)35(43,17-7-18-38-34(42)44-2)29-10-5-11-30(36)32(29)27-20-26-8-3-4-12-31(26)39-22-27/h3-5,8,10-16,20,22,28,37,43H,6-7,9,17-19,21,23H2,1-2H3,(H,38,42)/t28-,35+/m1/s1. The number of piperidine rings is 1. The molecule has 2 amide bonds. The number of carbonyl (C=O) groups is 2.